The van der Waals surface area contributed by atoms with Crippen molar-refractivity contribution in [3.05, 3.63) is 126 Å². The van der Waals surface area contributed by atoms with Crippen molar-refractivity contribution >= 4 is 86.0 Å². The second-order valence-electron chi connectivity index (χ2n) is 23.0. The lowest BCUT2D eigenvalue weighted by Gasteiger charge is -2.35. The van der Waals surface area contributed by atoms with Crippen LogP contribution < -0.4 is 20.3 Å². The molecule has 5 aromatic rings. The number of nitrogens with zero attached hydrogens (tertiary/aromatic N) is 8. The first-order valence-electron chi connectivity index (χ1n) is 34.5. The molecule has 0 radical (unpaired) electrons. The second-order valence-corrected chi connectivity index (χ2v) is 25.4. The molecule has 2 amide bonds. The number of benzene rings is 2. The molecule has 30 heteroatoms. The third kappa shape index (κ3) is 36.1. The van der Waals surface area contributed by atoms with Gasteiger partial charge in [0.2, 0.25) is 0 Å². The molecule has 102 heavy (non-hydrogen) atoms. The number of ketones is 2. The molecule has 0 aliphatic carbocycles. The van der Waals surface area contributed by atoms with Crippen molar-refractivity contribution in [1.29, 1.82) is 5.26 Å². The molecule has 1 aliphatic rings. The lowest BCUT2D eigenvalue weighted by molar-refractivity contribution is -0.124. The van der Waals surface area contributed by atoms with Gasteiger partial charge in [-0.15, -0.1) is 11.3 Å². The summed E-state index contributed by atoms with van der Waals surface area (Å²) in [6.45, 7) is 19.0. The van der Waals surface area contributed by atoms with E-state index < -0.39 is 5.91 Å². The summed E-state index contributed by atoms with van der Waals surface area (Å²) in [6.07, 6.45) is 8.40. The SMILES string of the molecule is CCCC(NC(=O)/C(C#N)=C/c1cccc(Br)n1)c1ccc(OCC=NOCC(=O)CCCOCCOCCOCCOCCOCCOCCOCCOCCOCCOCCOCCCC(=O)CN2CCN(c3cc(Cc4ncc(C(=O)Nc5c(C)cccc5Cl)s4)nc(C)n3)CC2)cc1. The fourth-order valence-electron chi connectivity index (χ4n) is 9.83. The van der Waals surface area contributed by atoms with E-state index in [-0.39, 0.29) is 42.3 Å². The average Bonchev–Trinajstić information content (AvgIpc) is 1.43. The number of nitrogens with one attached hydrogen (secondary N) is 2. The molecule has 0 saturated carbocycles. The largest absolute Gasteiger partial charge is 0.488 e. The number of piperazine rings is 1. The van der Waals surface area contributed by atoms with Crippen LogP contribution in [0.25, 0.3) is 6.08 Å². The molecule has 6 rings (SSSR count). The number of oxime groups is 1. The van der Waals surface area contributed by atoms with Crippen molar-refractivity contribution < 1.29 is 80.9 Å². The van der Waals surface area contributed by atoms with Gasteiger partial charge in [-0.05, 0) is 96.6 Å². The van der Waals surface area contributed by atoms with Gasteiger partial charge in [0.1, 0.15) is 50.9 Å². The maximum Gasteiger partial charge on any atom is 0.267 e. The molecule has 1 saturated heterocycles. The van der Waals surface area contributed by atoms with Crippen LogP contribution in [-0.4, -0.2) is 246 Å². The number of hydrogen-bond acceptors (Lipinski definition) is 26. The lowest BCUT2D eigenvalue weighted by atomic mass is 10.0. The van der Waals surface area contributed by atoms with Crippen molar-refractivity contribution in [3.8, 4) is 11.8 Å². The third-order valence-electron chi connectivity index (χ3n) is 15.0. The van der Waals surface area contributed by atoms with Crippen LogP contribution in [0.2, 0.25) is 5.02 Å². The summed E-state index contributed by atoms with van der Waals surface area (Å²) < 4.78 is 67.6. The number of amides is 2. The van der Waals surface area contributed by atoms with Crippen LogP contribution in [0.1, 0.15) is 94.5 Å². The van der Waals surface area contributed by atoms with E-state index in [1.807, 2.05) is 57.2 Å². The lowest BCUT2D eigenvalue weighted by Crippen LogP contribution is -2.48. The van der Waals surface area contributed by atoms with Gasteiger partial charge >= 0.3 is 0 Å². The number of nitriles is 1. The Labute approximate surface area is 615 Å². The van der Waals surface area contributed by atoms with Gasteiger partial charge in [0.25, 0.3) is 11.8 Å². The number of thiazole rings is 1. The van der Waals surface area contributed by atoms with Crippen LogP contribution in [0.3, 0.4) is 0 Å². The highest BCUT2D eigenvalue weighted by Crippen LogP contribution is 2.28. The Kier molecular flexibility index (Phi) is 43.0. The summed E-state index contributed by atoms with van der Waals surface area (Å²) in [5, 5.41) is 20.6. The number of aromatic nitrogens is 4. The highest BCUT2D eigenvalue weighted by atomic mass is 79.9. The van der Waals surface area contributed by atoms with Crippen LogP contribution >= 0.6 is 38.9 Å². The molecular formula is C72H98BrClN10O17S. The minimum atomic E-state index is -0.481. The summed E-state index contributed by atoms with van der Waals surface area (Å²) in [4.78, 5) is 79.1. The topological polar surface area (TPSA) is 307 Å². The van der Waals surface area contributed by atoms with Crippen LogP contribution in [0, 0.1) is 25.2 Å². The first-order chi connectivity index (χ1) is 49.9. The minimum Gasteiger partial charge on any atom is -0.488 e. The predicted molar refractivity (Wildman–Crippen MR) is 390 cm³/mol. The Bertz CT molecular complexity index is 3300. The van der Waals surface area contributed by atoms with E-state index in [4.69, 9.17) is 78.3 Å². The molecule has 0 bridgehead atoms. The quantitative estimate of drug-likeness (QED) is 0.00916. The number of carbonyl (C=O) groups excluding carboxylic acids is 4. The number of para-hydroxylation sites is 1. The Balaban J connectivity index is 0.604. The number of anilines is 2. The molecular weight excluding hydrogens is 1420 g/mol. The van der Waals surface area contributed by atoms with Gasteiger partial charge in [0.05, 0.1) is 184 Å². The highest BCUT2D eigenvalue weighted by Gasteiger charge is 2.23. The average molecular weight is 1520 g/mol. The molecule has 1 unspecified atom stereocenters. The van der Waals surface area contributed by atoms with Crippen molar-refractivity contribution in [2.75, 3.05) is 202 Å². The summed E-state index contributed by atoms with van der Waals surface area (Å²) in [5.41, 5.74) is 3.62. The van der Waals surface area contributed by atoms with E-state index in [2.05, 4.69) is 56.5 Å². The van der Waals surface area contributed by atoms with E-state index in [1.165, 1.54) is 23.6 Å². The van der Waals surface area contributed by atoms with Gasteiger partial charge in [-0.1, -0.05) is 60.4 Å². The van der Waals surface area contributed by atoms with E-state index in [0.29, 0.717) is 228 Å². The number of carbonyl (C=O) groups is 4. The normalized spacial score (nSPS) is 13.0. The number of halogens is 2. The van der Waals surface area contributed by atoms with Gasteiger partial charge in [0, 0.05) is 64.7 Å². The fraction of sp³-hybridized carbons (Fsp3) is 0.556. The number of rotatable bonds is 57. The molecule has 2 N–H and O–H groups in total. The maximum atomic E-state index is 13.0. The molecule has 0 spiro atoms. The van der Waals surface area contributed by atoms with Gasteiger partial charge in [-0.25, -0.2) is 19.9 Å². The van der Waals surface area contributed by atoms with Crippen molar-refractivity contribution in [2.24, 2.45) is 5.16 Å². The molecule has 3 aromatic heterocycles. The summed E-state index contributed by atoms with van der Waals surface area (Å²) in [6, 6.07) is 21.7. The first kappa shape index (κ1) is 84.1. The number of ether oxygens (including phenoxy) is 12. The molecule has 558 valence electrons. The Morgan fingerprint density at radius 3 is 1.75 bits per heavy atom. The molecule has 27 nitrogen and oxygen atoms in total. The molecule has 1 fully saturated rings. The fourth-order valence-corrected chi connectivity index (χ4v) is 11.3. The van der Waals surface area contributed by atoms with Crippen molar-refractivity contribution in [3.63, 3.8) is 0 Å². The van der Waals surface area contributed by atoms with E-state index in [1.54, 1.807) is 42.6 Å². The van der Waals surface area contributed by atoms with Crippen molar-refractivity contribution in [2.45, 2.75) is 71.8 Å². The van der Waals surface area contributed by atoms with Gasteiger partial charge in [-0.3, -0.25) is 24.1 Å². The van der Waals surface area contributed by atoms with Crippen LogP contribution in [0.15, 0.2) is 88.3 Å². The van der Waals surface area contributed by atoms with Gasteiger partial charge in [0.15, 0.2) is 12.4 Å². The Hall–Kier alpha value is -6.83. The van der Waals surface area contributed by atoms with Gasteiger partial charge < -0.3 is 77.2 Å². The first-order valence-corrected chi connectivity index (χ1v) is 36.5. The summed E-state index contributed by atoms with van der Waals surface area (Å²) >= 11 is 10.9. The third-order valence-corrected chi connectivity index (χ3v) is 16.8. The van der Waals surface area contributed by atoms with E-state index >= 15 is 0 Å². The smallest absolute Gasteiger partial charge is 0.267 e. The number of Topliss-reactive ketones (excluding diaryl/α,β-unsaturated/α-hetero) is 2. The van der Waals surface area contributed by atoms with Crippen LogP contribution in [-0.2, 0) is 77.7 Å². The zero-order valence-electron chi connectivity index (χ0n) is 58.8. The minimum absolute atomic E-state index is 0.0416. The Morgan fingerprint density at radius 1 is 0.686 bits per heavy atom. The van der Waals surface area contributed by atoms with Crippen LogP contribution in [0.4, 0.5) is 11.5 Å². The second kappa shape index (κ2) is 52.2. The number of pyridine rings is 1. The predicted octanol–water partition coefficient (Wildman–Crippen LogP) is 8.85. The molecule has 2 aromatic carbocycles. The highest BCUT2D eigenvalue weighted by molar-refractivity contribution is 9.10. The molecule has 4 heterocycles. The zero-order chi connectivity index (χ0) is 72.5. The zero-order valence-corrected chi connectivity index (χ0v) is 62.0. The standard InChI is InChI=1S/C72H98BrClN10O17S/c1-4-9-65(81-71(87)58(51-75)48-59-11-6-15-67(73)80-59)57-16-18-63(19-17-57)100-27-20-77-101-54-62(86)13-8-26-90-29-31-92-33-35-94-37-39-96-41-43-98-45-47-99-46-44-97-42-40-95-38-36-93-34-32-91-30-28-89-25-7-12-61(85)53-83-21-23-84(24-22-83)68-49-60(78-56(3)79-68)50-69-76-52-66(102-69)72(88)82-70-55(2)10-5-14-64(70)74/h5-6,10-11,14-20,48-49,52,65H,4,7-9,12-13,21-47,50,53-54H2,1-3H3,(H,81,87)(H,82,88)/b58-48+,77-20?. The number of aryl methyl sites for hydroxylation is 2. The maximum absolute atomic E-state index is 13.0. The van der Waals surface area contributed by atoms with E-state index in [9.17, 15) is 24.4 Å². The number of hydrogen-bond donors (Lipinski definition) is 2. The van der Waals surface area contributed by atoms with E-state index in [0.717, 1.165) is 60.2 Å². The van der Waals surface area contributed by atoms with Crippen LogP contribution in [0.5, 0.6) is 5.75 Å². The molecule has 1 atom stereocenters. The molecule has 1 aliphatic heterocycles. The van der Waals surface area contributed by atoms with Crippen molar-refractivity contribution in [1.82, 2.24) is 30.2 Å². The Morgan fingerprint density at radius 2 is 1.23 bits per heavy atom. The summed E-state index contributed by atoms with van der Waals surface area (Å²) in [5.74, 6) is 1.46. The monoisotopic (exact) mass is 1520 g/mol. The van der Waals surface area contributed by atoms with Gasteiger partial charge in [-0.2, -0.15) is 5.26 Å². The summed E-state index contributed by atoms with van der Waals surface area (Å²) in [7, 11) is 0.